The average Bonchev–Trinajstić information content (AvgIpc) is 2.79. The van der Waals surface area contributed by atoms with Gasteiger partial charge in [-0.3, -0.25) is 4.79 Å². The number of alkyl halides is 3. The molecule has 1 aromatic rings. The number of nitrogens with one attached hydrogen (secondary N) is 1. The summed E-state index contributed by atoms with van der Waals surface area (Å²) in [4.78, 5) is 15.4. The molecule has 0 bridgehead atoms. The average molecular weight is 300 g/mol. The molecule has 0 aromatic carbocycles. The summed E-state index contributed by atoms with van der Waals surface area (Å²) in [6.07, 6.45) is 3.12. The minimum Gasteiger partial charge on any atom is -0.332 e. The molecule has 1 N–H and O–H groups in total. The zero-order valence-corrected chi connectivity index (χ0v) is 11.5. The third kappa shape index (κ3) is 4.01. The first kappa shape index (κ1) is 14.5. The van der Waals surface area contributed by atoms with Crippen molar-refractivity contribution in [1.29, 1.82) is 0 Å². The van der Waals surface area contributed by atoms with Gasteiger partial charge in [0.1, 0.15) is 12.7 Å². The molecule has 1 unspecified atom stereocenters. The highest BCUT2D eigenvalue weighted by Crippen LogP contribution is 2.33. The Hall–Kier alpha value is -0.520. The monoisotopic (exact) mass is 298 g/mol. The van der Waals surface area contributed by atoms with E-state index in [4.69, 9.17) is 34.8 Å². The molecule has 17 heavy (non-hydrogen) atoms. The molecule has 1 rings (SSSR count). The van der Waals surface area contributed by atoms with Crippen molar-refractivity contribution in [1.82, 2.24) is 20.1 Å². The number of aromatic nitrogens is 3. The van der Waals surface area contributed by atoms with Gasteiger partial charge >= 0.3 is 0 Å². The summed E-state index contributed by atoms with van der Waals surface area (Å²) in [6, 6.07) is 0. The summed E-state index contributed by atoms with van der Waals surface area (Å²) in [5.74, 6) is -0.212. The molecule has 0 aliphatic heterocycles. The van der Waals surface area contributed by atoms with Gasteiger partial charge in [0.05, 0.1) is 5.88 Å². The molecule has 1 amide bonds. The van der Waals surface area contributed by atoms with Crippen molar-refractivity contribution in [3.8, 4) is 0 Å². The minimum atomic E-state index is -1.35. The van der Waals surface area contributed by atoms with Gasteiger partial charge in [-0.2, -0.15) is 5.10 Å². The molecule has 0 aliphatic carbocycles. The van der Waals surface area contributed by atoms with Gasteiger partial charge in [0.2, 0.25) is 5.91 Å². The number of carbonyl (C=O) groups excluding carboxylic acids is 1. The molecule has 0 saturated carbocycles. The molecular formula is C9H13Cl3N4O. The Morgan fingerprint density at radius 2 is 2.29 bits per heavy atom. The standard InChI is InChI=1S/C9H13Cl3N4O/c1-2-3-7(17)15-8(9(11,12)4-10)16-6-13-5-14-16/h5-6,8H,2-4H2,1H3,(H,15,17). The second-order valence-corrected chi connectivity index (χ2v) is 5.30. The molecule has 96 valence electrons. The van der Waals surface area contributed by atoms with Crippen LogP contribution in [0.3, 0.4) is 0 Å². The molecule has 0 spiro atoms. The van der Waals surface area contributed by atoms with Crippen LogP contribution in [0.1, 0.15) is 25.9 Å². The van der Waals surface area contributed by atoms with Crippen LogP contribution in [0.25, 0.3) is 0 Å². The summed E-state index contributed by atoms with van der Waals surface area (Å²) in [7, 11) is 0. The van der Waals surface area contributed by atoms with E-state index in [-0.39, 0.29) is 11.8 Å². The Morgan fingerprint density at radius 1 is 1.59 bits per heavy atom. The molecule has 0 fully saturated rings. The second-order valence-electron chi connectivity index (χ2n) is 3.49. The number of rotatable bonds is 6. The molecule has 5 nitrogen and oxygen atoms in total. The lowest BCUT2D eigenvalue weighted by molar-refractivity contribution is -0.122. The smallest absolute Gasteiger partial charge is 0.221 e. The first-order valence-corrected chi connectivity index (χ1v) is 6.37. The zero-order valence-electron chi connectivity index (χ0n) is 9.24. The highest BCUT2D eigenvalue weighted by molar-refractivity contribution is 6.51. The molecule has 0 radical (unpaired) electrons. The summed E-state index contributed by atoms with van der Waals surface area (Å²) < 4.78 is 0.0224. The molecule has 1 heterocycles. The molecular weight excluding hydrogens is 286 g/mol. The van der Waals surface area contributed by atoms with Crippen molar-refractivity contribution in [3.05, 3.63) is 12.7 Å². The quantitative estimate of drug-likeness (QED) is 0.818. The Morgan fingerprint density at radius 3 is 2.76 bits per heavy atom. The number of hydrogen-bond acceptors (Lipinski definition) is 3. The van der Waals surface area contributed by atoms with Crippen LogP contribution in [0.2, 0.25) is 0 Å². The van der Waals surface area contributed by atoms with E-state index >= 15 is 0 Å². The molecule has 1 aromatic heterocycles. The maximum atomic E-state index is 11.6. The summed E-state index contributed by atoms with van der Waals surface area (Å²) in [5, 5.41) is 6.59. The van der Waals surface area contributed by atoms with Crippen LogP contribution in [-0.4, -0.2) is 30.9 Å². The normalized spacial score (nSPS) is 13.4. The summed E-state index contributed by atoms with van der Waals surface area (Å²) in [6.45, 7) is 1.90. The van der Waals surface area contributed by atoms with E-state index in [1.54, 1.807) is 0 Å². The van der Waals surface area contributed by atoms with Crippen LogP contribution in [-0.2, 0) is 4.79 Å². The lowest BCUT2D eigenvalue weighted by Gasteiger charge is -2.28. The van der Waals surface area contributed by atoms with E-state index in [9.17, 15) is 4.79 Å². The van der Waals surface area contributed by atoms with Crippen molar-refractivity contribution in [2.75, 3.05) is 5.88 Å². The van der Waals surface area contributed by atoms with Gasteiger partial charge in [-0.15, -0.1) is 11.6 Å². The molecule has 8 heteroatoms. The van der Waals surface area contributed by atoms with Crippen LogP contribution in [0.5, 0.6) is 0 Å². The number of amides is 1. The fourth-order valence-corrected chi connectivity index (χ4v) is 1.70. The maximum absolute atomic E-state index is 11.6. The first-order valence-electron chi connectivity index (χ1n) is 5.08. The van der Waals surface area contributed by atoms with Crippen LogP contribution < -0.4 is 5.32 Å². The van der Waals surface area contributed by atoms with Crippen molar-refractivity contribution in [3.63, 3.8) is 0 Å². The third-order valence-corrected chi connectivity index (χ3v) is 3.43. The first-order chi connectivity index (χ1) is 8.01. The van der Waals surface area contributed by atoms with E-state index in [1.807, 2.05) is 6.92 Å². The predicted octanol–water partition coefficient (Wildman–Crippen LogP) is 2.11. The van der Waals surface area contributed by atoms with Crippen molar-refractivity contribution in [2.24, 2.45) is 0 Å². The van der Waals surface area contributed by atoms with Crippen molar-refractivity contribution < 1.29 is 4.79 Å². The molecule has 1 atom stereocenters. The molecule has 0 saturated heterocycles. The van der Waals surface area contributed by atoms with Crippen molar-refractivity contribution in [2.45, 2.75) is 30.3 Å². The Balaban J connectivity index is 2.84. The van der Waals surface area contributed by atoms with Crippen LogP contribution in [0.4, 0.5) is 0 Å². The highest BCUT2D eigenvalue weighted by atomic mass is 35.5. The van der Waals surface area contributed by atoms with Crippen LogP contribution in [0.15, 0.2) is 12.7 Å². The van der Waals surface area contributed by atoms with Gasteiger partial charge < -0.3 is 5.32 Å². The highest BCUT2D eigenvalue weighted by Gasteiger charge is 2.37. The van der Waals surface area contributed by atoms with E-state index in [2.05, 4.69) is 15.4 Å². The van der Waals surface area contributed by atoms with Crippen LogP contribution in [0, 0.1) is 0 Å². The van der Waals surface area contributed by atoms with Gasteiger partial charge in [-0.25, -0.2) is 9.67 Å². The lowest BCUT2D eigenvalue weighted by Crippen LogP contribution is -2.44. The fraction of sp³-hybridized carbons (Fsp3) is 0.667. The number of halogens is 3. The van der Waals surface area contributed by atoms with Gasteiger partial charge in [0, 0.05) is 6.42 Å². The van der Waals surface area contributed by atoms with Crippen molar-refractivity contribution >= 4 is 40.7 Å². The van der Waals surface area contributed by atoms with Gasteiger partial charge in [-0.1, -0.05) is 30.1 Å². The van der Waals surface area contributed by atoms with E-state index in [1.165, 1.54) is 17.3 Å². The van der Waals surface area contributed by atoms with Gasteiger partial charge in [-0.05, 0) is 6.42 Å². The van der Waals surface area contributed by atoms with E-state index < -0.39 is 10.5 Å². The topological polar surface area (TPSA) is 59.8 Å². The minimum absolute atomic E-state index is 0.0486. The summed E-state index contributed by atoms with van der Waals surface area (Å²) >= 11 is 17.8. The van der Waals surface area contributed by atoms with Gasteiger partial charge in [0.25, 0.3) is 0 Å². The summed E-state index contributed by atoms with van der Waals surface area (Å²) in [5.41, 5.74) is 0. The zero-order chi connectivity index (χ0) is 12.9. The maximum Gasteiger partial charge on any atom is 0.221 e. The third-order valence-electron chi connectivity index (χ3n) is 2.05. The lowest BCUT2D eigenvalue weighted by atomic mass is 10.3. The number of nitrogens with zero attached hydrogens (tertiary/aromatic N) is 3. The largest absolute Gasteiger partial charge is 0.332 e. The van der Waals surface area contributed by atoms with Gasteiger partial charge in [0.15, 0.2) is 10.5 Å². The Labute approximate surface area is 114 Å². The van der Waals surface area contributed by atoms with Crippen LogP contribution >= 0.6 is 34.8 Å². The second kappa shape index (κ2) is 6.42. The van der Waals surface area contributed by atoms with E-state index in [0.717, 1.165) is 6.42 Å². The Bertz CT molecular complexity index is 355. The number of carbonyl (C=O) groups is 1. The Kier molecular flexibility index (Phi) is 5.49. The van der Waals surface area contributed by atoms with E-state index in [0.29, 0.717) is 6.42 Å². The molecule has 0 aliphatic rings. The predicted molar refractivity (Wildman–Crippen MR) is 67.3 cm³/mol. The SMILES string of the molecule is CCCC(=O)NC(n1cncn1)C(Cl)(Cl)CCl. The number of hydrogen-bond donors (Lipinski definition) is 1. The fourth-order valence-electron chi connectivity index (χ4n) is 1.24.